The zero-order chi connectivity index (χ0) is 14.0. The molecule has 0 spiro atoms. The van der Waals surface area contributed by atoms with E-state index in [0.29, 0.717) is 16.6 Å². The maximum Gasteiger partial charge on any atom is 0.161 e. The molecule has 0 fully saturated rings. The van der Waals surface area contributed by atoms with E-state index >= 15 is 0 Å². The number of rotatable bonds is 3. The van der Waals surface area contributed by atoms with Crippen molar-refractivity contribution in [1.29, 1.82) is 0 Å². The summed E-state index contributed by atoms with van der Waals surface area (Å²) in [5.74, 6) is 2.10. The van der Waals surface area contributed by atoms with Gasteiger partial charge in [-0.3, -0.25) is 0 Å². The van der Waals surface area contributed by atoms with Crippen LogP contribution in [0.1, 0.15) is 5.69 Å². The Balaban J connectivity index is 2.53. The van der Waals surface area contributed by atoms with E-state index in [0.717, 1.165) is 20.6 Å². The molecule has 0 bridgehead atoms. The van der Waals surface area contributed by atoms with Crippen molar-refractivity contribution < 1.29 is 4.74 Å². The third-order valence-electron chi connectivity index (χ3n) is 2.66. The first-order chi connectivity index (χ1) is 9.06. The number of anilines is 1. The average molecular weight is 390 g/mol. The molecule has 0 aliphatic rings. The van der Waals surface area contributed by atoms with Gasteiger partial charge in [-0.2, -0.15) is 0 Å². The molecule has 1 N–H and O–H groups in total. The fourth-order valence-electron chi connectivity index (χ4n) is 1.66. The van der Waals surface area contributed by atoms with Gasteiger partial charge in [0, 0.05) is 12.6 Å². The molecule has 2 rings (SSSR count). The third-order valence-corrected chi connectivity index (χ3v) is 4.25. The Kier molecular flexibility index (Phi) is 4.46. The van der Waals surface area contributed by atoms with Gasteiger partial charge < -0.3 is 10.1 Å². The Morgan fingerprint density at radius 3 is 2.63 bits per heavy atom. The van der Waals surface area contributed by atoms with Crippen LogP contribution in [0.25, 0.3) is 11.4 Å². The van der Waals surface area contributed by atoms with E-state index in [9.17, 15) is 0 Å². The topological polar surface area (TPSA) is 47.0 Å². The first-order valence-electron chi connectivity index (χ1n) is 5.62. The van der Waals surface area contributed by atoms with Crippen LogP contribution in [-0.4, -0.2) is 24.1 Å². The van der Waals surface area contributed by atoms with Gasteiger partial charge in [0.05, 0.1) is 21.4 Å². The van der Waals surface area contributed by atoms with E-state index in [1.807, 2.05) is 32.2 Å². The molecule has 0 radical (unpaired) electrons. The second-order valence-corrected chi connectivity index (χ2v) is 5.38. The molecule has 0 saturated heterocycles. The summed E-state index contributed by atoms with van der Waals surface area (Å²) in [6, 6.07) is 5.51. The Morgan fingerprint density at radius 1 is 1.32 bits per heavy atom. The van der Waals surface area contributed by atoms with Gasteiger partial charge in [-0.15, -0.1) is 0 Å². The quantitative estimate of drug-likeness (QED) is 0.812. The molecule has 1 aromatic heterocycles. The molecule has 0 saturated carbocycles. The van der Waals surface area contributed by atoms with Crippen LogP contribution in [0.3, 0.4) is 0 Å². The van der Waals surface area contributed by atoms with Gasteiger partial charge in [0.25, 0.3) is 0 Å². The molecule has 0 amide bonds. The molecule has 100 valence electrons. The van der Waals surface area contributed by atoms with Gasteiger partial charge in [-0.25, -0.2) is 9.97 Å². The number of methoxy groups -OCH3 is 1. The van der Waals surface area contributed by atoms with Crippen molar-refractivity contribution in [3.63, 3.8) is 0 Å². The fourth-order valence-corrected chi connectivity index (χ4v) is 2.43. The van der Waals surface area contributed by atoms with Crippen LogP contribution in [0.4, 0.5) is 5.82 Å². The van der Waals surface area contributed by atoms with E-state index in [4.69, 9.17) is 16.3 Å². The largest absolute Gasteiger partial charge is 0.495 e. The standard InChI is InChI=1S/C13H13ClIN3O/c1-7-11(15)13(16-2)18-12(17-7)8-4-5-10(19-3)9(14)6-8/h4-6H,1-3H3,(H,16,17,18). The minimum atomic E-state index is 0.547. The number of benzene rings is 1. The molecule has 0 unspecified atom stereocenters. The monoisotopic (exact) mass is 389 g/mol. The highest BCUT2D eigenvalue weighted by Gasteiger charge is 2.11. The van der Waals surface area contributed by atoms with E-state index in [-0.39, 0.29) is 0 Å². The Hall–Kier alpha value is -1.08. The summed E-state index contributed by atoms with van der Waals surface area (Å²) in [7, 11) is 3.43. The Labute approximate surface area is 130 Å². The van der Waals surface area contributed by atoms with Crippen LogP contribution in [0.5, 0.6) is 5.75 Å². The number of aromatic nitrogens is 2. The summed E-state index contributed by atoms with van der Waals surface area (Å²) >= 11 is 8.35. The summed E-state index contributed by atoms with van der Waals surface area (Å²) in [4.78, 5) is 8.98. The van der Waals surface area contributed by atoms with Crippen molar-refractivity contribution in [2.45, 2.75) is 6.92 Å². The van der Waals surface area contributed by atoms with E-state index < -0.39 is 0 Å². The highest BCUT2D eigenvalue weighted by atomic mass is 127. The summed E-state index contributed by atoms with van der Waals surface area (Å²) in [5, 5.41) is 3.61. The molecule has 0 aliphatic carbocycles. The first kappa shape index (κ1) is 14.3. The molecular formula is C13H13ClIN3O. The smallest absolute Gasteiger partial charge is 0.161 e. The van der Waals surface area contributed by atoms with Crippen molar-refractivity contribution in [3.8, 4) is 17.1 Å². The van der Waals surface area contributed by atoms with Crippen molar-refractivity contribution in [3.05, 3.63) is 32.5 Å². The fraction of sp³-hybridized carbons (Fsp3) is 0.231. The van der Waals surface area contributed by atoms with Crippen molar-refractivity contribution >= 4 is 40.0 Å². The molecule has 0 aliphatic heterocycles. The predicted molar refractivity (Wildman–Crippen MR) is 86.0 cm³/mol. The molecular weight excluding hydrogens is 377 g/mol. The van der Waals surface area contributed by atoms with Crippen LogP contribution >= 0.6 is 34.2 Å². The predicted octanol–water partition coefficient (Wildman–Crippen LogP) is 3.76. The summed E-state index contributed by atoms with van der Waals surface area (Å²) < 4.78 is 6.15. The maximum atomic E-state index is 6.13. The summed E-state index contributed by atoms with van der Waals surface area (Å²) in [5.41, 5.74) is 1.80. The van der Waals surface area contributed by atoms with E-state index in [2.05, 4.69) is 37.9 Å². The number of hydrogen-bond donors (Lipinski definition) is 1. The highest BCUT2D eigenvalue weighted by molar-refractivity contribution is 14.1. The minimum Gasteiger partial charge on any atom is -0.495 e. The number of ether oxygens (including phenoxy) is 1. The van der Waals surface area contributed by atoms with Crippen LogP contribution in [0.15, 0.2) is 18.2 Å². The van der Waals surface area contributed by atoms with Crippen LogP contribution in [-0.2, 0) is 0 Å². The summed E-state index contributed by atoms with van der Waals surface area (Å²) in [6.45, 7) is 1.96. The second-order valence-electron chi connectivity index (χ2n) is 3.89. The normalized spacial score (nSPS) is 10.4. The molecule has 6 heteroatoms. The number of nitrogens with one attached hydrogen (secondary N) is 1. The highest BCUT2D eigenvalue weighted by Crippen LogP contribution is 2.30. The lowest BCUT2D eigenvalue weighted by Gasteiger charge is -2.10. The lowest BCUT2D eigenvalue weighted by atomic mass is 10.2. The third kappa shape index (κ3) is 2.92. The van der Waals surface area contributed by atoms with Gasteiger partial charge in [0.15, 0.2) is 5.82 Å². The summed E-state index contributed by atoms with van der Waals surface area (Å²) in [6.07, 6.45) is 0. The molecule has 19 heavy (non-hydrogen) atoms. The first-order valence-corrected chi connectivity index (χ1v) is 7.08. The Morgan fingerprint density at radius 2 is 2.05 bits per heavy atom. The van der Waals surface area contributed by atoms with Gasteiger partial charge in [0.2, 0.25) is 0 Å². The van der Waals surface area contributed by atoms with Gasteiger partial charge in [-0.05, 0) is 47.7 Å². The minimum absolute atomic E-state index is 0.547. The van der Waals surface area contributed by atoms with E-state index in [1.54, 1.807) is 7.11 Å². The number of hydrogen-bond acceptors (Lipinski definition) is 4. The van der Waals surface area contributed by atoms with Crippen molar-refractivity contribution in [1.82, 2.24) is 9.97 Å². The van der Waals surface area contributed by atoms with Crippen LogP contribution < -0.4 is 10.1 Å². The van der Waals surface area contributed by atoms with Gasteiger partial charge in [-0.1, -0.05) is 11.6 Å². The molecule has 1 aromatic carbocycles. The molecule has 4 nitrogen and oxygen atoms in total. The average Bonchev–Trinajstić information content (AvgIpc) is 2.41. The van der Waals surface area contributed by atoms with Crippen molar-refractivity contribution in [2.75, 3.05) is 19.5 Å². The number of halogens is 2. The lowest BCUT2D eigenvalue weighted by molar-refractivity contribution is 0.415. The lowest BCUT2D eigenvalue weighted by Crippen LogP contribution is -2.02. The SMILES string of the molecule is CNc1nc(-c2ccc(OC)c(Cl)c2)nc(C)c1I. The van der Waals surface area contributed by atoms with Crippen LogP contribution in [0.2, 0.25) is 5.02 Å². The van der Waals surface area contributed by atoms with Gasteiger partial charge in [0.1, 0.15) is 11.6 Å². The zero-order valence-corrected chi connectivity index (χ0v) is 13.7. The van der Waals surface area contributed by atoms with Crippen LogP contribution in [0, 0.1) is 10.5 Å². The Bertz CT molecular complexity index is 619. The zero-order valence-electron chi connectivity index (χ0n) is 10.8. The molecule has 2 aromatic rings. The van der Waals surface area contributed by atoms with Gasteiger partial charge >= 0.3 is 0 Å². The van der Waals surface area contributed by atoms with Crippen molar-refractivity contribution in [2.24, 2.45) is 0 Å². The second kappa shape index (κ2) is 5.92. The molecule has 0 atom stereocenters. The number of aryl methyl sites for hydroxylation is 1. The number of nitrogens with zero attached hydrogens (tertiary/aromatic N) is 2. The maximum absolute atomic E-state index is 6.13. The van der Waals surface area contributed by atoms with E-state index in [1.165, 1.54) is 0 Å². The molecule has 1 heterocycles.